The van der Waals surface area contributed by atoms with E-state index in [2.05, 4.69) is 53.2 Å². The van der Waals surface area contributed by atoms with Gasteiger partial charge >= 0.3 is 0 Å². The number of carbonyl (C=O) groups is 1. The first-order chi connectivity index (χ1) is 13.2. The molecule has 1 heterocycles. The van der Waals surface area contributed by atoms with Gasteiger partial charge in [-0.1, -0.05) is 32.0 Å². The summed E-state index contributed by atoms with van der Waals surface area (Å²) >= 11 is 0. The van der Waals surface area contributed by atoms with E-state index in [4.69, 9.17) is 10.00 Å². The van der Waals surface area contributed by atoms with E-state index in [0.29, 0.717) is 19.5 Å². The summed E-state index contributed by atoms with van der Waals surface area (Å²) in [5.74, 6) is -0.00878. The van der Waals surface area contributed by atoms with Crippen LogP contribution in [-0.4, -0.2) is 68.2 Å². The second kappa shape index (κ2) is 11.7. The lowest BCUT2D eigenvalue weighted by atomic mass is 10.0. The monoisotopic (exact) mass is 372 g/mol. The molecule has 0 aromatic heterocycles. The van der Waals surface area contributed by atoms with Gasteiger partial charge < -0.3 is 10.1 Å². The third-order valence-electron chi connectivity index (χ3n) is 5.01. The number of ether oxygens (including phenoxy) is 1. The van der Waals surface area contributed by atoms with E-state index in [-0.39, 0.29) is 5.91 Å². The first kappa shape index (κ1) is 21.4. The first-order valence-corrected chi connectivity index (χ1v) is 9.97. The van der Waals surface area contributed by atoms with Crippen molar-refractivity contribution in [1.29, 1.82) is 5.26 Å². The van der Waals surface area contributed by atoms with Crippen LogP contribution in [0.15, 0.2) is 18.2 Å². The zero-order valence-corrected chi connectivity index (χ0v) is 16.7. The van der Waals surface area contributed by atoms with Gasteiger partial charge in [-0.05, 0) is 24.0 Å². The molecule has 1 saturated heterocycles. The van der Waals surface area contributed by atoms with E-state index in [0.717, 1.165) is 57.9 Å². The molecule has 0 radical (unpaired) electrons. The molecule has 0 bridgehead atoms. The number of morpholine rings is 1. The quantitative estimate of drug-likeness (QED) is 0.682. The van der Waals surface area contributed by atoms with Gasteiger partial charge in [-0.25, -0.2) is 0 Å². The Morgan fingerprint density at radius 1 is 1.22 bits per heavy atom. The summed E-state index contributed by atoms with van der Waals surface area (Å²) in [7, 11) is 0. The molecule has 1 amide bonds. The van der Waals surface area contributed by atoms with Crippen LogP contribution in [0.5, 0.6) is 0 Å². The molecular formula is C21H32N4O2. The summed E-state index contributed by atoms with van der Waals surface area (Å²) in [5, 5.41) is 12.1. The lowest BCUT2D eigenvalue weighted by Crippen LogP contribution is -2.43. The summed E-state index contributed by atoms with van der Waals surface area (Å²) < 4.78 is 5.38. The van der Waals surface area contributed by atoms with Gasteiger partial charge in [0.05, 0.1) is 25.8 Å². The van der Waals surface area contributed by atoms with Gasteiger partial charge in [0.15, 0.2) is 0 Å². The van der Waals surface area contributed by atoms with Crippen LogP contribution in [0.3, 0.4) is 0 Å². The number of nitriles is 1. The molecule has 6 heteroatoms. The maximum atomic E-state index is 12.7. The largest absolute Gasteiger partial charge is 0.379 e. The number of nitrogens with one attached hydrogen (secondary N) is 1. The topological polar surface area (TPSA) is 68.6 Å². The number of nitrogens with zero attached hydrogens (tertiary/aromatic N) is 3. The minimum atomic E-state index is -0.00878. The summed E-state index contributed by atoms with van der Waals surface area (Å²) in [6, 6.07) is 8.38. The number of hydrogen-bond acceptors (Lipinski definition) is 5. The van der Waals surface area contributed by atoms with Gasteiger partial charge in [0.1, 0.15) is 0 Å². The molecule has 0 unspecified atom stereocenters. The van der Waals surface area contributed by atoms with E-state index < -0.39 is 0 Å². The summed E-state index contributed by atoms with van der Waals surface area (Å²) in [6.45, 7) is 10.2. The van der Waals surface area contributed by atoms with Crippen molar-refractivity contribution >= 4 is 11.6 Å². The standard InChI is InChI=1S/C21H32N4O2/c1-3-18-7-5-8-19(4-2)21(18)23-20(26)17-25(10-6-9-22)12-11-24-13-15-27-16-14-24/h5,7-8H,3-4,6,10-17H2,1-2H3,(H,23,26). The second-order valence-corrected chi connectivity index (χ2v) is 6.84. The molecule has 1 aromatic rings. The molecule has 1 aromatic carbocycles. The molecule has 1 fully saturated rings. The van der Waals surface area contributed by atoms with Crippen molar-refractivity contribution in [1.82, 2.24) is 9.80 Å². The minimum Gasteiger partial charge on any atom is -0.379 e. The number of anilines is 1. The Kier molecular flexibility index (Phi) is 9.26. The highest BCUT2D eigenvalue weighted by Gasteiger charge is 2.16. The van der Waals surface area contributed by atoms with Crippen LogP contribution in [0.2, 0.25) is 0 Å². The molecular weight excluding hydrogens is 340 g/mol. The lowest BCUT2D eigenvalue weighted by Gasteiger charge is -2.29. The number of benzene rings is 1. The number of rotatable bonds is 10. The second-order valence-electron chi connectivity index (χ2n) is 6.84. The fourth-order valence-corrected chi connectivity index (χ4v) is 3.37. The smallest absolute Gasteiger partial charge is 0.238 e. The minimum absolute atomic E-state index is 0.00878. The van der Waals surface area contributed by atoms with Crippen LogP contribution >= 0.6 is 0 Å². The molecule has 1 aliphatic heterocycles. The van der Waals surface area contributed by atoms with Gasteiger partial charge in [-0.15, -0.1) is 0 Å². The summed E-state index contributed by atoms with van der Waals surface area (Å²) in [6.07, 6.45) is 2.21. The van der Waals surface area contributed by atoms with Gasteiger partial charge in [-0.3, -0.25) is 14.6 Å². The fourth-order valence-electron chi connectivity index (χ4n) is 3.37. The van der Waals surface area contributed by atoms with E-state index in [9.17, 15) is 4.79 Å². The number of para-hydroxylation sites is 1. The maximum Gasteiger partial charge on any atom is 0.238 e. The molecule has 2 rings (SSSR count). The van der Waals surface area contributed by atoms with E-state index >= 15 is 0 Å². The van der Waals surface area contributed by atoms with Crippen molar-refractivity contribution < 1.29 is 9.53 Å². The van der Waals surface area contributed by atoms with Crippen LogP contribution in [0.25, 0.3) is 0 Å². The Bertz CT molecular complexity index is 613. The van der Waals surface area contributed by atoms with Crippen LogP contribution in [-0.2, 0) is 22.4 Å². The van der Waals surface area contributed by atoms with Crippen LogP contribution in [0.1, 0.15) is 31.4 Å². The zero-order valence-electron chi connectivity index (χ0n) is 16.7. The highest BCUT2D eigenvalue weighted by atomic mass is 16.5. The fraction of sp³-hybridized carbons (Fsp3) is 0.619. The van der Waals surface area contributed by atoms with E-state index in [1.165, 1.54) is 11.1 Å². The third kappa shape index (κ3) is 6.94. The molecule has 0 spiro atoms. The van der Waals surface area contributed by atoms with Crippen LogP contribution in [0.4, 0.5) is 5.69 Å². The van der Waals surface area contributed by atoms with E-state index in [1.807, 2.05) is 0 Å². The highest BCUT2D eigenvalue weighted by Crippen LogP contribution is 2.22. The van der Waals surface area contributed by atoms with E-state index in [1.54, 1.807) is 0 Å². The van der Waals surface area contributed by atoms with Gasteiger partial charge in [0.25, 0.3) is 0 Å². The molecule has 0 aliphatic carbocycles. The van der Waals surface area contributed by atoms with Crippen molar-refractivity contribution in [3.8, 4) is 6.07 Å². The Balaban J connectivity index is 1.95. The highest BCUT2D eigenvalue weighted by molar-refractivity contribution is 5.93. The Labute approximate surface area is 163 Å². The Hall–Kier alpha value is -1.94. The molecule has 0 saturated carbocycles. The summed E-state index contributed by atoms with van der Waals surface area (Å²) in [5.41, 5.74) is 3.29. The normalized spacial score (nSPS) is 14.9. The zero-order chi connectivity index (χ0) is 19.5. The number of amides is 1. The average molecular weight is 373 g/mol. The SMILES string of the molecule is CCc1cccc(CC)c1NC(=O)CN(CCC#N)CCN1CCOCC1. The van der Waals surface area contributed by atoms with Crippen molar-refractivity contribution in [2.45, 2.75) is 33.1 Å². The first-order valence-electron chi connectivity index (χ1n) is 9.97. The van der Waals surface area contributed by atoms with Crippen LogP contribution < -0.4 is 5.32 Å². The third-order valence-corrected chi connectivity index (χ3v) is 5.01. The lowest BCUT2D eigenvalue weighted by molar-refractivity contribution is -0.117. The van der Waals surface area contributed by atoms with Crippen LogP contribution in [0, 0.1) is 11.3 Å². The molecule has 6 nitrogen and oxygen atoms in total. The Morgan fingerprint density at radius 2 is 1.89 bits per heavy atom. The predicted octanol–water partition coefficient (Wildman–Crippen LogP) is 2.30. The number of hydrogen-bond donors (Lipinski definition) is 1. The van der Waals surface area contributed by atoms with Crippen molar-refractivity contribution in [3.63, 3.8) is 0 Å². The van der Waals surface area contributed by atoms with Crippen molar-refractivity contribution in [2.24, 2.45) is 0 Å². The molecule has 148 valence electrons. The number of carbonyl (C=O) groups excluding carboxylic acids is 1. The molecule has 1 aliphatic rings. The Morgan fingerprint density at radius 3 is 2.48 bits per heavy atom. The van der Waals surface area contributed by atoms with Gasteiger partial charge in [0.2, 0.25) is 5.91 Å². The van der Waals surface area contributed by atoms with Crippen molar-refractivity contribution in [2.75, 3.05) is 57.8 Å². The maximum absolute atomic E-state index is 12.7. The molecule has 27 heavy (non-hydrogen) atoms. The van der Waals surface area contributed by atoms with Gasteiger partial charge in [0, 0.05) is 44.8 Å². The average Bonchev–Trinajstić information content (AvgIpc) is 2.70. The number of aryl methyl sites for hydroxylation is 2. The summed E-state index contributed by atoms with van der Waals surface area (Å²) in [4.78, 5) is 17.1. The van der Waals surface area contributed by atoms with Crippen molar-refractivity contribution in [3.05, 3.63) is 29.3 Å². The predicted molar refractivity (Wildman–Crippen MR) is 108 cm³/mol. The molecule has 0 atom stereocenters. The molecule has 1 N–H and O–H groups in total. The van der Waals surface area contributed by atoms with Gasteiger partial charge in [-0.2, -0.15) is 5.26 Å².